The number of nitrogens with zero attached hydrogens (tertiary/aromatic N) is 5. The van der Waals surface area contributed by atoms with Crippen molar-refractivity contribution in [3.63, 3.8) is 0 Å². The van der Waals surface area contributed by atoms with Gasteiger partial charge in [0.15, 0.2) is 11.2 Å². The fourth-order valence-corrected chi connectivity index (χ4v) is 3.43. The number of benzene rings is 1. The van der Waals surface area contributed by atoms with E-state index in [-0.39, 0.29) is 17.8 Å². The number of imidazole rings is 2. The number of aryl methyl sites for hydroxylation is 2. The van der Waals surface area contributed by atoms with Crippen LogP contribution >= 0.6 is 0 Å². The first-order chi connectivity index (χ1) is 12.9. The Morgan fingerprint density at radius 2 is 1.85 bits per heavy atom. The molecule has 1 aromatic carbocycles. The predicted molar refractivity (Wildman–Crippen MR) is 105 cm³/mol. The number of allylic oxidation sites excluding steroid dienone is 1. The summed E-state index contributed by atoms with van der Waals surface area (Å²) in [4.78, 5) is 30.3. The van der Waals surface area contributed by atoms with Crippen LogP contribution in [-0.2, 0) is 20.1 Å². The van der Waals surface area contributed by atoms with E-state index in [0.717, 1.165) is 16.8 Å². The van der Waals surface area contributed by atoms with Crippen molar-refractivity contribution >= 4 is 16.9 Å². The van der Waals surface area contributed by atoms with E-state index in [4.69, 9.17) is 0 Å². The van der Waals surface area contributed by atoms with Crippen LogP contribution < -0.4 is 11.2 Å². The third-order valence-corrected chi connectivity index (χ3v) is 4.75. The van der Waals surface area contributed by atoms with Crippen LogP contribution in [0.15, 0.2) is 58.3 Å². The highest BCUT2D eigenvalue weighted by atomic mass is 16.2. The molecule has 0 aliphatic heterocycles. The highest BCUT2D eigenvalue weighted by molar-refractivity contribution is 5.75. The van der Waals surface area contributed by atoms with Crippen LogP contribution in [0.25, 0.3) is 16.9 Å². The minimum atomic E-state index is -0.386. The van der Waals surface area contributed by atoms with E-state index < -0.39 is 0 Å². The highest BCUT2D eigenvalue weighted by Crippen LogP contribution is 2.17. The third kappa shape index (κ3) is 2.63. The first-order valence-corrected chi connectivity index (χ1v) is 8.74. The summed E-state index contributed by atoms with van der Waals surface area (Å²) in [6, 6.07) is 10.1. The smallest absolute Gasteiger partial charge is 0.310 e. The van der Waals surface area contributed by atoms with Crippen molar-refractivity contribution in [2.45, 2.75) is 26.9 Å². The second-order valence-electron chi connectivity index (χ2n) is 6.99. The topological polar surface area (TPSA) is 66.2 Å². The number of hydrogen-bond acceptors (Lipinski definition) is 3. The Balaban J connectivity index is 2.02. The molecule has 138 valence electrons. The van der Waals surface area contributed by atoms with E-state index >= 15 is 0 Å². The Bertz CT molecular complexity index is 1300. The summed E-state index contributed by atoms with van der Waals surface area (Å²) < 4.78 is 6.46. The maximum absolute atomic E-state index is 13.0. The summed E-state index contributed by atoms with van der Waals surface area (Å²) in [5, 5.41) is 0. The molecule has 0 spiro atoms. The summed E-state index contributed by atoms with van der Waals surface area (Å²) in [5.41, 5.74) is 2.93. The third-order valence-electron chi connectivity index (χ3n) is 4.75. The minimum Gasteiger partial charge on any atom is -0.310 e. The van der Waals surface area contributed by atoms with Crippen LogP contribution in [0.1, 0.15) is 18.2 Å². The summed E-state index contributed by atoms with van der Waals surface area (Å²) in [6.45, 7) is 8.43. The van der Waals surface area contributed by atoms with Crippen molar-refractivity contribution in [3.05, 3.63) is 80.8 Å². The molecule has 0 radical (unpaired) electrons. The normalized spacial score (nSPS) is 11.5. The van der Waals surface area contributed by atoms with Crippen LogP contribution in [0.3, 0.4) is 0 Å². The van der Waals surface area contributed by atoms with Gasteiger partial charge in [0.1, 0.15) is 0 Å². The maximum Gasteiger partial charge on any atom is 0.332 e. The van der Waals surface area contributed by atoms with Gasteiger partial charge in [-0.1, -0.05) is 42.5 Å². The van der Waals surface area contributed by atoms with E-state index in [0.29, 0.717) is 23.5 Å². The Morgan fingerprint density at radius 1 is 1.15 bits per heavy atom. The van der Waals surface area contributed by atoms with Gasteiger partial charge in [0.05, 0.1) is 13.1 Å². The second-order valence-corrected chi connectivity index (χ2v) is 6.99. The van der Waals surface area contributed by atoms with E-state index in [1.165, 1.54) is 9.13 Å². The van der Waals surface area contributed by atoms with Crippen molar-refractivity contribution in [1.29, 1.82) is 0 Å². The molecule has 0 unspecified atom stereocenters. The van der Waals surface area contributed by atoms with Gasteiger partial charge in [0.2, 0.25) is 5.78 Å². The summed E-state index contributed by atoms with van der Waals surface area (Å²) in [6.07, 6.45) is 1.89. The molecule has 4 rings (SSSR count). The van der Waals surface area contributed by atoms with E-state index in [2.05, 4.69) is 11.6 Å². The summed E-state index contributed by atoms with van der Waals surface area (Å²) in [5.74, 6) is 0.645. The first kappa shape index (κ1) is 17.1. The molecule has 3 heterocycles. The number of hydrogen-bond donors (Lipinski definition) is 0. The molecular weight excluding hydrogens is 342 g/mol. The van der Waals surface area contributed by atoms with Crippen LogP contribution in [0.5, 0.6) is 0 Å². The Morgan fingerprint density at radius 3 is 2.52 bits per heavy atom. The van der Waals surface area contributed by atoms with E-state index in [9.17, 15) is 9.59 Å². The molecule has 0 atom stereocenters. The van der Waals surface area contributed by atoms with Gasteiger partial charge in [-0.3, -0.25) is 18.3 Å². The molecule has 0 N–H and O–H groups in total. The molecular formula is C20H21N5O2. The fraction of sp³-hybridized carbons (Fsp3) is 0.250. The average Bonchev–Trinajstić information content (AvgIpc) is 3.14. The Labute approximate surface area is 155 Å². The standard InChI is InChI=1S/C20H21N5O2/c1-13(2)10-25-18(26)16-17(22(4)20(25)27)21-19-23(14(3)11-24(16)19)12-15-8-6-5-7-9-15/h5-9,11H,1,10,12H2,2-4H3. The molecule has 0 saturated carbocycles. The molecule has 4 aromatic rings. The molecule has 0 aliphatic rings. The highest BCUT2D eigenvalue weighted by Gasteiger charge is 2.20. The van der Waals surface area contributed by atoms with Crippen LogP contribution in [0.4, 0.5) is 0 Å². The average molecular weight is 363 g/mol. The van der Waals surface area contributed by atoms with Crippen molar-refractivity contribution in [2.75, 3.05) is 0 Å². The molecule has 27 heavy (non-hydrogen) atoms. The number of fused-ring (bicyclic) bond motifs is 3. The van der Waals surface area contributed by atoms with Gasteiger partial charge in [-0.25, -0.2) is 4.79 Å². The second kappa shape index (κ2) is 6.12. The predicted octanol–water partition coefficient (Wildman–Crippen LogP) is 2.08. The lowest BCUT2D eigenvalue weighted by Gasteiger charge is -2.07. The SMILES string of the molecule is C=C(C)Cn1c(=O)c2c(nc3n(Cc4ccccc4)c(C)cn23)n(C)c1=O. The maximum atomic E-state index is 13.0. The molecule has 0 bridgehead atoms. The fourth-order valence-electron chi connectivity index (χ4n) is 3.43. The number of aromatic nitrogens is 5. The van der Waals surface area contributed by atoms with E-state index in [1.54, 1.807) is 18.4 Å². The quantitative estimate of drug-likeness (QED) is 0.522. The molecule has 7 heteroatoms. The van der Waals surface area contributed by atoms with Crippen molar-refractivity contribution < 1.29 is 0 Å². The lowest BCUT2D eigenvalue weighted by atomic mass is 10.2. The monoisotopic (exact) mass is 363 g/mol. The van der Waals surface area contributed by atoms with Gasteiger partial charge < -0.3 is 4.57 Å². The zero-order valence-electron chi connectivity index (χ0n) is 15.6. The number of rotatable bonds is 4. The van der Waals surface area contributed by atoms with Crippen molar-refractivity contribution in [2.24, 2.45) is 7.05 Å². The lowest BCUT2D eigenvalue weighted by Crippen LogP contribution is -2.39. The zero-order valence-corrected chi connectivity index (χ0v) is 15.6. The minimum absolute atomic E-state index is 0.193. The van der Waals surface area contributed by atoms with Crippen LogP contribution in [0.2, 0.25) is 0 Å². The van der Waals surface area contributed by atoms with Crippen molar-refractivity contribution in [3.8, 4) is 0 Å². The lowest BCUT2D eigenvalue weighted by molar-refractivity contribution is 0.651. The van der Waals surface area contributed by atoms with E-state index in [1.807, 2.05) is 48.0 Å². The Hall–Kier alpha value is -3.35. The van der Waals surface area contributed by atoms with Gasteiger partial charge in [-0.15, -0.1) is 0 Å². The van der Waals surface area contributed by atoms with Crippen molar-refractivity contribution in [1.82, 2.24) is 23.1 Å². The Kier molecular flexibility index (Phi) is 3.87. The largest absolute Gasteiger partial charge is 0.332 e. The summed E-state index contributed by atoms with van der Waals surface area (Å²) >= 11 is 0. The van der Waals surface area contributed by atoms with Gasteiger partial charge in [0.25, 0.3) is 5.56 Å². The van der Waals surface area contributed by atoms with Crippen LogP contribution in [-0.4, -0.2) is 23.1 Å². The molecule has 0 amide bonds. The van der Waals surface area contributed by atoms with Crippen LogP contribution in [0, 0.1) is 6.92 Å². The molecule has 0 aliphatic carbocycles. The van der Waals surface area contributed by atoms with Gasteiger partial charge in [-0.05, 0) is 19.4 Å². The van der Waals surface area contributed by atoms with Gasteiger partial charge in [-0.2, -0.15) is 4.98 Å². The first-order valence-electron chi connectivity index (χ1n) is 8.74. The summed E-state index contributed by atoms with van der Waals surface area (Å²) in [7, 11) is 1.64. The van der Waals surface area contributed by atoms with Gasteiger partial charge in [0, 0.05) is 18.9 Å². The molecule has 7 nitrogen and oxygen atoms in total. The molecule has 0 saturated heterocycles. The molecule has 0 fully saturated rings. The van der Waals surface area contributed by atoms with Gasteiger partial charge >= 0.3 is 5.69 Å². The molecule has 3 aromatic heterocycles. The zero-order chi connectivity index (χ0) is 19.3.